The Bertz CT molecular complexity index is 625. The minimum Gasteiger partial charge on any atom is -0.494 e. The van der Waals surface area contributed by atoms with Crippen molar-refractivity contribution in [1.82, 2.24) is 5.32 Å². The van der Waals surface area contributed by atoms with Gasteiger partial charge in [0.1, 0.15) is 5.75 Å². The zero-order valence-electron chi connectivity index (χ0n) is 13.0. The van der Waals surface area contributed by atoms with Gasteiger partial charge in [0.2, 0.25) is 0 Å². The predicted molar refractivity (Wildman–Crippen MR) is 92.1 cm³/mol. The summed E-state index contributed by atoms with van der Waals surface area (Å²) in [5, 5.41) is 3.42. The van der Waals surface area contributed by atoms with Gasteiger partial charge in [0, 0.05) is 10.0 Å². The quantitative estimate of drug-likeness (QED) is 0.840. The lowest BCUT2D eigenvalue weighted by molar-refractivity contribution is 0.334. The van der Waals surface area contributed by atoms with Gasteiger partial charge in [-0.15, -0.1) is 0 Å². The Hall–Kier alpha value is -1.32. The van der Waals surface area contributed by atoms with E-state index < -0.39 is 0 Å². The molecular formula is C18H22BrNO. The molecule has 0 aromatic heterocycles. The standard InChI is InChI=1S/C18H22BrNO/c1-5-21-17-9-7-13(3)11-15(17)18(20-4)14-10-12(2)6-8-16(14)19/h6-11,18,20H,5H2,1-4H3. The van der Waals surface area contributed by atoms with E-state index in [0.717, 1.165) is 10.2 Å². The maximum absolute atomic E-state index is 5.81. The highest BCUT2D eigenvalue weighted by atomic mass is 79.9. The summed E-state index contributed by atoms with van der Waals surface area (Å²) in [5.41, 5.74) is 4.88. The number of rotatable bonds is 5. The molecule has 0 saturated carbocycles. The van der Waals surface area contributed by atoms with Gasteiger partial charge in [0.15, 0.2) is 0 Å². The van der Waals surface area contributed by atoms with E-state index in [2.05, 4.69) is 71.5 Å². The first-order chi connectivity index (χ1) is 10.1. The molecule has 21 heavy (non-hydrogen) atoms. The summed E-state index contributed by atoms with van der Waals surface area (Å²) in [6.45, 7) is 6.90. The third kappa shape index (κ3) is 3.66. The monoisotopic (exact) mass is 347 g/mol. The van der Waals surface area contributed by atoms with Crippen molar-refractivity contribution in [3.8, 4) is 5.75 Å². The second kappa shape index (κ2) is 7.10. The molecular weight excluding hydrogens is 326 g/mol. The van der Waals surface area contributed by atoms with Crippen LogP contribution in [0.5, 0.6) is 5.75 Å². The molecule has 2 nitrogen and oxygen atoms in total. The van der Waals surface area contributed by atoms with Gasteiger partial charge >= 0.3 is 0 Å². The highest BCUT2D eigenvalue weighted by molar-refractivity contribution is 9.10. The molecule has 2 aromatic carbocycles. The molecule has 0 spiro atoms. The van der Waals surface area contributed by atoms with Crippen LogP contribution in [0.3, 0.4) is 0 Å². The summed E-state index contributed by atoms with van der Waals surface area (Å²) in [6, 6.07) is 12.9. The molecule has 0 aliphatic heterocycles. The Labute approximate surface area is 135 Å². The topological polar surface area (TPSA) is 21.3 Å². The molecule has 0 radical (unpaired) electrons. The molecule has 0 heterocycles. The number of hydrogen-bond acceptors (Lipinski definition) is 2. The summed E-state index contributed by atoms with van der Waals surface area (Å²) in [6.07, 6.45) is 0. The van der Waals surface area contributed by atoms with Gasteiger partial charge < -0.3 is 10.1 Å². The maximum Gasteiger partial charge on any atom is 0.124 e. The van der Waals surface area contributed by atoms with E-state index in [9.17, 15) is 0 Å². The van der Waals surface area contributed by atoms with Crippen LogP contribution in [-0.2, 0) is 0 Å². The van der Waals surface area contributed by atoms with E-state index in [1.807, 2.05) is 14.0 Å². The third-order valence-electron chi connectivity index (χ3n) is 3.53. The van der Waals surface area contributed by atoms with Gasteiger partial charge in [-0.3, -0.25) is 0 Å². The summed E-state index contributed by atoms with van der Waals surface area (Å²) >= 11 is 3.67. The van der Waals surface area contributed by atoms with Gasteiger partial charge in [-0.05, 0) is 45.5 Å². The Morgan fingerprint density at radius 3 is 2.29 bits per heavy atom. The number of nitrogens with one attached hydrogen (secondary N) is 1. The number of halogens is 1. The smallest absolute Gasteiger partial charge is 0.124 e. The van der Waals surface area contributed by atoms with E-state index in [1.165, 1.54) is 22.3 Å². The first-order valence-electron chi connectivity index (χ1n) is 7.23. The lowest BCUT2D eigenvalue weighted by atomic mass is 9.95. The van der Waals surface area contributed by atoms with Crippen molar-refractivity contribution in [3.63, 3.8) is 0 Å². The summed E-state index contributed by atoms with van der Waals surface area (Å²) in [5.74, 6) is 0.941. The van der Waals surface area contributed by atoms with Crippen LogP contribution in [0.4, 0.5) is 0 Å². The fourth-order valence-corrected chi connectivity index (χ4v) is 3.02. The van der Waals surface area contributed by atoms with Crippen molar-refractivity contribution in [3.05, 3.63) is 63.1 Å². The maximum atomic E-state index is 5.81. The van der Waals surface area contributed by atoms with E-state index in [-0.39, 0.29) is 6.04 Å². The second-order valence-electron chi connectivity index (χ2n) is 5.22. The van der Waals surface area contributed by atoms with Crippen molar-refractivity contribution in [2.75, 3.05) is 13.7 Å². The minimum atomic E-state index is 0.0979. The molecule has 1 N–H and O–H groups in total. The van der Waals surface area contributed by atoms with E-state index >= 15 is 0 Å². The molecule has 3 heteroatoms. The molecule has 1 unspecified atom stereocenters. The SMILES string of the molecule is CCOc1ccc(C)cc1C(NC)c1cc(C)ccc1Br. The predicted octanol–water partition coefficient (Wildman–Crippen LogP) is 4.77. The average molecular weight is 348 g/mol. The first-order valence-corrected chi connectivity index (χ1v) is 8.02. The van der Waals surface area contributed by atoms with Crippen LogP contribution >= 0.6 is 15.9 Å². The number of aryl methyl sites for hydroxylation is 2. The van der Waals surface area contributed by atoms with Crippen LogP contribution < -0.4 is 10.1 Å². The first kappa shape index (κ1) is 16.1. The number of benzene rings is 2. The Balaban J connectivity index is 2.55. The second-order valence-corrected chi connectivity index (χ2v) is 6.08. The van der Waals surface area contributed by atoms with Gasteiger partial charge in [0.25, 0.3) is 0 Å². The molecule has 2 aromatic rings. The van der Waals surface area contributed by atoms with E-state index in [4.69, 9.17) is 4.74 Å². The highest BCUT2D eigenvalue weighted by Gasteiger charge is 2.19. The molecule has 0 bridgehead atoms. The van der Waals surface area contributed by atoms with E-state index in [0.29, 0.717) is 6.61 Å². The van der Waals surface area contributed by atoms with Crippen molar-refractivity contribution in [1.29, 1.82) is 0 Å². The third-order valence-corrected chi connectivity index (χ3v) is 4.25. The lowest BCUT2D eigenvalue weighted by Gasteiger charge is -2.22. The van der Waals surface area contributed by atoms with Crippen LogP contribution in [0.2, 0.25) is 0 Å². The van der Waals surface area contributed by atoms with Gasteiger partial charge in [0.05, 0.1) is 12.6 Å². The zero-order chi connectivity index (χ0) is 15.4. The molecule has 2 rings (SSSR count). The van der Waals surface area contributed by atoms with Crippen molar-refractivity contribution in [2.45, 2.75) is 26.8 Å². The fourth-order valence-electron chi connectivity index (χ4n) is 2.54. The number of hydrogen-bond donors (Lipinski definition) is 1. The van der Waals surface area contributed by atoms with Crippen LogP contribution in [-0.4, -0.2) is 13.7 Å². The molecule has 0 amide bonds. The van der Waals surface area contributed by atoms with Gasteiger partial charge in [-0.1, -0.05) is 51.3 Å². The highest BCUT2D eigenvalue weighted by Crippen LogP contribution is 2.34. The minimum absolute atomic E-state index is 0.0979. The average Bonchev–Trinajstić information content (AvgIpc) is 2.46. The van der Waals surface area contributed by atoms with E-state index in [1.54, 1.807) is 0 Å². The summed E-state index contributed by atoms with van der Waals surface area (Å²) in [4.78, 5) is 0. The molecule has 0 fully saturated rings. The summed E-state index contributed by atoms with van der Waals surface area (Å²) in [7, 11) is 1.98. The largest absolute Gasteiger partial charge is 0.494 e. The van der Waals surface area contributed by atoms with Crippen LogP contribution in [0, 0.1) is 13.8 Å². The zero-order valence-corrected chi connectivity index (χ0v) is 14.6. The molecule has 1 atom stereocenters. The van der Waals surface area contributed by atoms with Crippen LogP contribution in [0.15, 0.2) is 40.9 Å². The normalized spacial score (nSPS) is 12.2. The van der Waals surface area contributed by atoms with Gasteiger partial charge in [-0.2, -0.15) is 0 Å². The van der Waals surface area contributed by atoms with Crippen molar-refractivity contribution >= 4 is 15.9 Å². The Morgan fingerprint density at radius 1 is 1.05 bits per heavy atom. The Kier molecular flexibility index (Phi) is 5.43. The lowest BCUT2D eigenvalue weighted by Crippen LogP contribution is -2.19. The van der Waals surface area contributed by atoms with Crippen molar-refractivity contribution < 1.29 is 4.74 Å². The fraction of sp³-hybridized carbons (Fsp3) is 0.333. The Morgan fingerprint density at radius 2 is 1.67 bits per heavy atom. The molecule has 0 aliphatic carbocycles. The number of ether oxygens (including phenoxy) is 1. The summed E-state index contributed by atoms with van der Waals surface area (Å²) < 4.78 is 6.92. The van der Waals surface area contributed by atoms with Crippen LogP contribution in [0.25, 0.3) is 0 Å². The molecule has 0 aliphatic rings. The molecule has 112 valence electrons. The molecule has 0 saturated heterocycles. The van der Waals surface area contributed by atoms with Crippen molar-refractivity contribution in [2.24, 2.45) is 0 Å². The van der Waals surface area contributed by atoms with Gasteiger partial charge in [-0.25, -0.2) is 0 Å². The van der Waals surface area contributed by atoms with Crippen LogP contribution in [0.1, 0.15) is 35.2 Å².